The first-order chi connectivity index (χ1) is 15.3. The molecule has 32 heavy (non-hydrogen) atoms. The van der Waals surface area contributed by atoms with Crippen LogP contribution in [0.25, 0.3) is 6.08 Å². The minimum Gasteiger partial charge on any atom is -0.493 e. The van der Waals surface area contributed by atoms with Gasteiger partial charge in [-0.25, -0.2) is 4.79 Å². The Morgan fingerprint density at radius 1 is 1.19 bits per heavy atom. The Balaban J connectivity index is 1.79. The maximum atomic E-state index is 12.7. The second kappa shape index (κ2) is 9.88. The highest BCUT2D eigenvalue weighted by Crippen LogP contribution is 2.30. The summed E-state index contributed by atoms with van der Waals surface area (Å²) in [6.45, 7) is 3.97. The monoisotopic (exact) mass is 452 g/mol. The number of carbonyl (C=O) groups is 3. The van der Waals surface area contributed by atoms with Crippen molar-refractivity contribution in [2.24, 2.45) is 0 Å². The van der Waals surface area contributed by atoms with Crippen LogP contribution < -0.4 is 14.8 Å². The summed E-state index contributed by atoms with van der Waals surface area (Å²) < 4.78 is 11.2. The lowest BCUT2D eigenvalue weighted by molar-refractivity contribution is -0.128. The third-order valence-corrected chi connectivity index (χ3v) is 4.91. The van der Waals surface area contributed by atoms with Gasteiger partial charge >= 0.3 is 5.97 Å². The second-order valence-corrected chi connectivity index (χ2v) is 7.11. The lowest BCUT2D eigenvalue weighted by Crippen LogP contribution is -2.53. The fourth-order valence-corrected chi connectivity index (χ4v) is 3.20. The predicted molar refractivity (Wildman–Crippen MR) is 121 cm³/mol. The van der Waals surface area contributed by atoms with Crippen molar-refractivity contribution in [2.45, 2.75) is 6.61 Å². The molecule has 164 valence electrons. The third kappa shape index (κ3) is 5.01. The van der Waals surface area contributed by atoms with Crippen LogP contribution >= 0.6 is 12.2 Å². The molecule has 0 unspecified atom stereocenters. The highest BCUT2D eigenvalue weighted by molar-refractivity contribution is 7.80. The lowest BCUT2D eigenvalue weighted by atomic mass is 10.1. The highest BCUT2D eigenvalue weighted by atomic mass is 32.1. The molecule has 0 spiro atoms. The molecule has 2 amide bonds. The van der Waals surface area contributed by atoms with Crippen LogP contribution in [0.2, 0.25) is 0 Å². The number of nitrogens with one attached hydrogen (secondary N) is 1. The molecule has 2 aromatic rings. The van der Waals surface area contributed by atoms with E-state index in [2.05, 4.69) is 11.9 Å². The largest absolute Gasteiger partial charge is 0.493 e. The van der Waals surface area contributed by atoms with E-state index in [9.17, 15) is 14.4 Å². The molecule has 8 nitrogen and oxygen atoms in total. The number of benzene rings is 2. The maximum absolute atomic E-state index is 12.7. The van der Waals surface area contributed by atoms with Crippen molar-refractivity contribution in [3.05, 3.63) is 77.4 Å². The molecular formula is C23H20N2O6S. The van der Waals surface area contributed by atoms with Crippen molar-refractivity contribution in [3.8, 4) is 11.5 Å². The number of rotatable bonds is 8. The van der Waals surface area contributed by atoms with Gasteiger partial charge in [-0.1, -0.05) is 24.3 Å². The zero-order valence-corrected chi connectivity index (χ0v) is 18.0. The average molecular weight is 452 g/mol. The fourth-order valence-electron chi connectivity index (χ4n) is 2.95. The van der Waals surface area contributed by atoms with E-state index in [1.165, 1.54) is 36.3 Å². The molecule has 3 rings (SSSR count). The number of nitrogens with zero attached hydrogens (tertiary/aromatic N) is 1. The van der Waals surface area contributed by atoms with Gasteiger partial charge in [0.15, 0.2) is 16.6 Å². The number of hydrogen-bond donors (Lipinski definition) is 2. The zero-order valence-electron chi connectivity index (χ0n) is 17.2. The number of carboxylic acid groups (broad SMARTS) is 1. The number of hydrogen-bond acceptors (Lipinski definition) is 6. The molecule has 1 aliphatic rings. The predicted octanol–water partition coefficient (Wildman–Crippen LogP) is 2.79. The lowest BCUT2D eigenvalue weighted by Gasteiger charge is -2.27. The molecule has 0 aromatic heterocycles. The van der Waals surface area contributed by atoms with Gasteiger partial charge in [0.05, 0.1) is 12.7 Å². The second-order valence-electron chi connectivity index (χ2n) is 6.72. The molecular weight excluding hydrogens is 432 g/mol. The van der Waals surface area contributed by atoms with Crippen LogP contribution in [0.5, 0.6) is 11.5 Å². The van der Waals surface area contributed by atoms with Crippen molar-refractivity contribution in [1.29, 1.82) is 0 Å². The number of ether oxygens (including phenoxy) is 2. The van der Waals surface area contributed by atoms with E-state index >= 15 is 0 Å². The SMILES string of the molecule is C=CCN1C(=O)/C(=C/c2ccc(OCc3ccc(C(=O)O)cc3)c(OC)c2)C(=O)NC1=S. The summed E-state index contributed by atoms with van der Waals surface area (Å²) in [6.07, 6.45) is 2.97. The van der Waals surface area contributed by atoms with E-state index in [1.54, 1.807) is 30.3 Å². The summed E-state index contributed by atoms with van der Waals surface area (Å²) in [4.78, 5) is 37.1. The summed E-state index contributed by atoms with van der Waals surface area (Å²) in [5.41, 5.74) is 1.48. The Kier molecular flexibility index (Phi) is 7.01. The number of methoxy groups -OCH3 is 1. The van der Waals surface area contributed by atoms with Crippen LogP contribution in [-0.2, 0) is 16.2 Å². The first kappa shape index (κ1) is 22.7. The molecule has 2 N–H and O–H groups in total. The maximum Gasteiger partial charge on any atom is 0.335 e. The molecule has 1 saturated heterocycles. The smallest absolute Gasteiger partial charge is 0.335 e. The number of amides is 2. The van der Waals surface area contributed by atoms with Gasteiger partial charge in [-0.05, 0) is 53.7 Å². The summed E-state index contributed by atoms with van der Waals surface area (Å²) in [6, 6.07) is 11.3. The molecule has 2 aromatic carbocycles. The van der Waals surface area contributed by atoms with Gasteiger partial charge in [0, 0.05) is 6.54 Å². The normalized spacial score (nSPS) is 14.8. The topological polar surface area (TPSA) is 105 Å². The van der Waals surface area contributed by atoms with Crippen LogP contribution in [0.3, 0.4) is 0 Å². The van der Waals surface area contributed by atoms with E-state index in [0.717, 1.165) is 5.56 Å². The Hall–Kier alpha value is -3.98. The number of thiocarbonyl (C=S) groups is 1. The van der Waals surface area contributed by atoms with Crippen molar-refractivity contribution in [3.63, 3.8) is 0 Å². The first-order valence-electron chi connectivity index (χ1n) is 9.47. The molecule has 0 saturated carbocycles. The molecule has 1 aliphatic heterocycles. The van der Waals surface area contributed by atoms with Gasteiger partial charge in [-0.2, -0.15) is 0 Å². The minimum atomic E-state index is -0.997. The van der Waals surface area contributed by atoms with Gasteiger partial charge in [-0.15, -0.1) is 6.58 Å². The standard InChI is InChI=1S/C23H20N2O6S/c1-3-10-25-21(27)17(20(26)24-23(25)32)11-15-6-9-18(19(12-15)30-2)31-13-14-4-7-16(8-5-14)22(28)29/h3-9,11-12H,1,10,13H2,2H3,(H,28,29)(H,24,26,32)/b17-11+. The van der Waals surface area contributed by atoms with Crippen molar-refractivity contribution < 1.29 is 29.0 Å². The van der Waals surface area contributed by atoms with Crippen molar-refractivity contribution in [2.75, 3.05) is 13.7 Å². The van der Waals surface area contributed by atoms with E-state index in [0.29, 0.717) is 17.1 Å². The minimum absolute atomic E-state index is 0.0368. The van der Waals surface area contributed by atoms with Gasteiger partial charge < -0.3 is 14.6 Å². The van der Waals surface area contributed by atoms with Crippen molar-refractivity contribution in [1.82, 2.24) is 10.2 Å². The number of carboxylic acids is 1. The molecule has 0 bridgehead atoms. The molecule has 0 aliphatic carbocycles. The molecule has 1 fully saturated rings. The number of aromatic carboxylic acids is 1. The Morgan fingerprint density at radius 2 is 1.91 bits per heavy atom. The Morgan fingerprint density at radius 3 is 2.53 bits per heavy atom. The molecule has 9 heteroatoms. The third-order valence-electron chi connectivity index (χ3n) is 4.59. The van der Waals surface area contributed by atoms with Crippen LogP contribution in [0.15, 0.2) is 60.7 Å². The van der Waals surface area contributed by atoms with E-state index in [4.69, 9.17) is 26.8 Å². The summed E-state index contributed by atoms with van der Waals surface area (Å²) >= 11 is 5.04. The van der Waals surface area contributed by atoms with Gasteiger partial charge in [0.1, 0.15) is 12.2 Å². The quantitative estimate of drug-likeness (QED) is 0.275. The van der Waals surface area contributed by atoms with Gasteiger partial charge in [-0.3, -0.25) is 19.8 Å². The van der Waals surface area contributed by atoms with Gasteiger partial charge in [0.2, 0.25) is 0 Å². The zero-order chi connectivity index (χ0) is 23.3. The van der Waals surface area contributed by atoms with Crippen molar-refractivity contribution >= 4 is 41.2 Å². The van der Waals surface area contributed by atoms with Crippen LogP contribution in [0.4, 0.5) is 0 Å². The van der Waals surface area contributed by atoms with Crippen LogP contribution in [0.1, 0.15) is 21.5 Å². The van der Waals surface area contributed by atoms with E-state index < -0.39 is 17.8 Å². The van der Waals surface area contributed by atoms with E-state index in [1.807, 2.05) is 0 Å². The number of carbonyl (C=O) groups excluding carboxylic acids is 2. The van der Waals surface area contributed by atoms with E-state index in [-0.39, 0.29) is 29.4 Å². The van der Waals surface area contributed by atoms with Gasteiger partial charge in [0.25, 0.3) is 11.8 Å². The average Bonchev–Trinajstić information content (AvgIpc) is 2.78. The molecule has 0 radical (unpaired) electrons. The summed E-state index contributed by atoms with van der Waals surface area (Å²) in [5, 5.41) is 11.5. The summed E-state index contributed by atoms with van der Waals surface area (Å²) in [5.74, 6) is -1.23. The highest BCUT2D eigenvalue weighted by Gasteiger charge is 2.32. The summed E-state index contributed by atoms with van der Waals surface area (Å²) in [7, 11) is 1.48. The first-order valence-corrected chi connectivity index (χ1v) is 9.87. The molecule has 1 heterocycles. The fraction of sp³-hybridized carbons (Fsp3) is 0.130. The Bertz CT molecular complexity index is 1120. The Labute approximate surface area is 189 Å². The van der Waals surface area contributed by atoms with Crippen LogP contribution in [0, 0.1) is 0 Å². The molecule has 0 atom stereocenters. The van der Waals surface area contributed by atoms with Crippen LogP contribution in [-0.4, -0.2) is 46.6 Å².